The third-order valence-electron chi connectivity index (χ3n) is 4.59. The van der Waals surface area contributed by atoms with Crippen LogP contribution in [0.2, 0.25) is 0 Å². The molecule has 2 aliphatic rings. The van der Waals surface area contributed by atoms with Gasteiger partial charge in [0.15, 0.2) is 0 Å². The summed E-state index contributed by atoms with van der Waals surface area (Å²) >= 11 is 0. The van der Waals surface area contributed by atoms with Crippen molar-refractivity contribution in [2.24, 2.45) is 0 Å². The predicted molar refractivity (Wildman–Crippen MR) is 78.4 cm³/mol. The van der Waals surface area contributed by atoms with Crippen molar-refractivity contribution in [1.29, 1.82) is 0 Å². The highest BCUT2D eigenvalue weighted by Gasteiger charge is 2.38. The molecule has 1 N–H and O–H groups in total. The maximum Gasteiger partial charge on any atom is 0.0309 e. The Morgan fingerprint density at radius 1 is 1.33 bits per heavy atom. The first-order valence-electron chi connectivity index (χ1n) is 7.40. The summed E-state index contributed by atoms with van der Waals surface area (Å²) in [6.07, 6.45) is 9.75. The molecule has 2 atom stereocenters. The smallest absolute Gasteiger partial charge is 0.0309 e. The second-order valence-corrected chi connectivity index (χ2v) is 7.73. The van der Waals surface area contributed by atoms with E-state index in [9.17, 15) is 4.21 Å². The molecule has 2 unspecified atom stereocenters. The fourth-order valence-corrected chi connectivity index (χ4v) is 3.96. The molecular weight excluding hydrogens is 244 g/mol. The first-order chi connectivity index (χ1) is 8.61. The van der Waals surface area contributed by atoms with Crippen molar-refractivity contribution in [3.63, 3.8) is 0 Å². The van der Waals surface area contributed by atoms with Gasteiger partial charge in [0.05, 0.1) is 0 Å². The van der Waals surface area contributed by atoms with Gasteiger partial charge in [0, 0.05) is 47.5 Å². The Kier molecular flexibility index (Phi) is 5.22. The molecule has 0 aromatic heterocycles. The van der Waals surface area contributed by atoms with Gasteiger partial charge in [-0.05, 0) is 32.7 Å². The van der Waals surface area contributed by atoms with Crippen LogP contribution in [0.1, 0.15) is 45.4 Å². The van der Waals surface area contributed by atoms with Crippen molar-refractivity contribution in [1.82, 2.24) is 10.2 Å². The van der Waals surface area contributed by atoms with E-state index >= 15 is 0 Å². The van der Waals surface area contributed by atoms with Crippen molar-refractivity contribution < 1.29 is 4.21 Å². The fourth-order valence-electron chi connectivity index (χ4n) is 3.43. The van der Waals surface area contributed by atoms with Crippen molar-refractivity contribution in [2.45, 2.75) is 57.0 Å². The summed E-state index contributed by atoms with van der Waals surface area (Å²) in [5, 5.41) is 3.81. The van der Waals surface area contributed by atoms with Gasteiger partial charge in [0.25, 0.3) is 0 Å². The van der Waals surface area contributed by atoms with Crippen LogP contribution in [-0.2, 0) is 10.8 Å². The molecule has 106 valence electrons. The molecule has 1 heterocycles. The van der Waals surface area contributed by atoms with Gasteiger partial charge in [-0.1, -0.05) is 19.3 Å². The Bertz CT molecular complexity index is 290. The maximum absolute atomic E-state index is 11.1. The van der Waals surface area contributed by atoms with E-state index in [4.69, 9.17) is 0 Å². The topological polar surface area (TPSA) is 32.3 Å². The van der Waals surface area contributed by atoms with E-state index in [1.807, 2.05) is 6.26 Å². The van der Waals surface area contributed by atoms with Crippen LogP contribution in [0.4, 0.5) is 0 Å². The molecule has 3 nitrogen and oxygen atoms in total. The largest absolute Gasteiger partial charge is 0.308 e. The average Bonchev–Trinajstić information content (AvgIpc) is 2.35. The van der Waals surface area contributed by atoms with Gasteiger partial charge in [0.1, 0.15) is 0 Å². The van der Waals surface area contributed by atoms with E-state index in [1.54, 1.807) is 0 Å². The number of nitrogens with one attached hydrogen (secondary N) is 1. The number of hydrogen-bond donors (Lipinski definition) is 1. The van der Waals surface area contributed by atoms with Crippen molar-refractivity contribution in [2.75, 3.05) is 31.6 Å². The highest BCUT2D eigenvalue weighted by atomic mass is 32.2. The standard InChI is InChI=1S/C14H28N2OS/c1-13-11-15-14(7-4-3-5-8-14)12-16(13)9-6-10-18(2)17/h13,15H,3-12H2,1-2H3. The second kappa shape index (κ2) is 6.49. The minimum absolute atomic E-state index is 0.399. The average molecular weight is 272 g/mol. The summed E-state index contributed by atoms with van der Waals surface area (Å²) in [4.78, 5) is 2.62. The Labute approximate surface area is 114 Å². The zero-order chi connectivity index (χ0) is 13.0. The first kappa shape index (κ1) is 14.5. The van der Waals surface area contributed by atoms with Crippen LogP contribution in [0, 0.1) is 0 Å². The maximum atomic E-state index is 11.1. The Morgan fingerprint density at radius 2 is 2.06 bits per heavy atom. The lowest BCUT2D eigenvalue weighted by molar-refractivity contribution is 0.0632. The lowest BCUT2D eigenvalue weighted by Gasteiger charge is -2.49. The van der Waals surface area contributed by atoms with E-state index in [1.165, 1.54) is 38.6 Å². The summed E-state index contributed by atoms with van der Waals surface area (Å²) in [5.74, 6) is 0.851. The van der Waals surface area contributed by atoms with Crippen LogP contribution >= 0.6 is 0 Å². The molecule has 0 bridgehead atoms. The second-order valence-electron chi connectivity index (χ2n) is 6.17. The van der Waals surface area contributed by atoms with Crippen LogP contribution < -0.4 is 5.32 Å². The molecule has 18 heavy (non-hydrogen) atoms. The SMILES string of the molecule is CC1CNC2(CCCCC2)CN1CCCS(C)=O. The van der Waals surface area contributed by atoms with Gasteiger partial charge in [-0.2, -0.15) is 0 Å². The lowest BCUT2D eigenvalue weighted by Crippen LogP contribution is -2.64. The Morgan fingerprint density at radius 3 is 2.72 bits per heavy atom. The highest BCUT2D eigenvalue weighted by molar-refractivity contribution is 7.84. The summed E-state index contributed by atoms with van der Waals surface area (Å²) in [6.45, 7) is 5.75. The number of rotatable bonds is 4. The molecule has 0 aromatic rings. The van der Waals surface area contributed by atoms with E-state index < -0.39 is 10.8 Å². The Balaban J connectivity index is 1.85. The molecule has 1 saturated carbocycles. The van der Waals surface area contributed by atoms with Crippen LogP contribution in [0.5, 0.6) is 0 Å². The number of hydrogen-bond acceptors (Lipinski definition) is 3. The minimum atomic E-state index is -0.637. The van der Waals surface area contributed by atoms with Crippen molar-refractivity contribution >= 4 is 10.8 Å². The molecule has 4 heteroatoms. The normalized spacial score (nSPS) is 30.4. The van der Waals surface area contributed by atoms with Crippen LogP contribution in [0.25, 0.3) is 0 Å². The van der Waals surface area contributed by atoms with Crippen molar-refractivity contribution in [3.05, 3.63) is 0 Å². The molecule has 1 aliphatic heterocycles. The molecule has 1 saturated heterocycles. The summed E-state index contributed by atoms with van der Waals surface area (Å²) in [7, 11) is -0.637. The predicted octanol–water partition coefficient (Wildman–Crippen LogP) is 1.75. The summed E-state index contributed by atoms with van der Waals surface area (Å²) in [6, 6.07) is 0.628. The highest BCUT2D eigenvalue weighted by Crippen LogP contribution is 2.31. The monoisotopic (exact) mass is 272 g/mol. The van der Waals surface area contributed by atoms with Gasteiger partial charge in [-0.15, -0.1) is 0 Å². The Hall–Kier alpha value is 0.0700. The van der Waals surface area contributed by atoms with E-state index in [0.717, 1.165) is 25.3 Å². The van der Waals surface area contributed by atoms with Gasteiger partial charge in [-0.3, -0.25) is 9.11 Å². The quantitative estimate of drug-likeness (QED) is 0.846. The molecule has 2 rings (SSSR count). The third-order valence-corrected chi connectivity index (χ3v) is 5.45. The minimum Gasteiger partial charge on any atom is -0.308 e. The molecule has 2 fully saturated rings. The van der Waals surface area contributed by atoms with Crippen LogP contribution in [0.3, 0.4) is 0 Å². The molecule has 0 amide bonds. The summed E-state index contributed by atoms with van der Waals surface area (Å²) < 4.78 is 11.1. The van der Waals surface area contributed by atoms with Crippen LogP contribution in [-0.4, -0.2) is 52.3 Å². The van der Waals surface area contributed by atoms with Gasteiger partial charge in [0.2, 0.25) is 0 Å². The first-order valence-corrected chi connectivity index (χ1v) is 9.13. The molecule has 1 aliphatic carbocycles. The summed E-state index contributed by atoms with van der Waals surface area (Å²) in [5.41, 5.74) is 0.399. The van der Waals surface area contributed by atoms with Gasteiger partial charge in [-0.25, -0.2) is 0 Å². The van der Waals surface area contributed by atoms with Gasteiger partial charge >= 0.3 is 0 Å². The molecule has 0 aromatic carbocycles. The zero-order valence-electron chi connectivity index (χ0n) is 11.9. The van der Waals surface area contributed by atoms with Gasteiger partial charge < -0.3 is 5.32 Å². The fraction of sp³-hybridized carbons (Fsp3) is 1.00. The van der Waals surface area contributed by atoms with E-state index in [-0.39, 0.29) is 0 Å². The number of nitrogens with zero attached hydrogens (tertiary/aromatic N) is 1. The third kappa shape index (κ3) is 3.78. The zero-order valence-corrected chi connectivity index (χ0v) is 12.7. The molecular formula is C14H28N2OS. The number of piperazine rings is 1. The molecule has 0 radical (unpaired) electrons. The van der Waals surface area contributed by atoms with Crippen LogP contribution in [0.15, 0.2) is 0 Å². The lowest BCUT2D eigenvalue weighted by atomic mass is 9.79. The van der Waals surface area contributed by atoms with E-state index in [0.29, 0.717) is 11.6 Å². The molecule has 1 spiro atoms. The van der Waals surface area contributed by atoms with E-state index in [2.05, 4.69) is 17.1 Å². The van der Waals surface area contributed by atoms with Crippen molar-refractivity contribution in [3.8, 4) is 0 Å².